The summed E-state index contributed by atoms with van der Waals surface area (Å²) in [6.07, 6.45) is 5.93. The average Bonchev–Trinajstić information content (AvgIpc) is 2.83. The minimum atomic E-state index is -3.88. The largest absolute Gasteiger partial charge is 0.352 e. The highest BCUT2D eigenvalue weighted by Gasteiger charge is 2.32. The molecule has 1 atom stereocenters. The Balaban J connectivity index is 1.91. The maximum atomic E-state index is 14.5. The number of sulfonamides is 1. The summed E-state index contributed by atoms with van der Waals surface area (Å²) in [5, 5.41) is 3.33. The molecule has 0 aromatic heterocycles. The van der Waals surface area contributed by atoms with E-state index in [0.29, 0.717) is 10.6 Å². The van der Waals surface area contributed by atoms with E-state index in [9.17, 15) is 22.4 Å². The number of carbonyl (C=O) groups excluding carboxylic acids is 2. The van der Waals surface area contributed by atoms with E-state index in [1.54, 1.807) is 32.0 Å². The van der Waals surface area contributed by atoms with Crippen molar-refractivity contribution < 1.29 is 22.4 Å². The number of benzene rings is 2. The second kappa shape index (κ2) is 12.1. The van der Waals surface area contributed by atoms with Crippen molar-refractivity contribution in [1.82, 2.24) is 10.2 Å². The van der Waals surface area contributed by atoms with Crippen LogP contribution in [0.1, 0.15) is 50.2 Å². The molecule has 1 saturated carbocycles. The van der Waals surface area contributed by atoms with Gasteiger partial charge in [0.15, 0.2) is 0 Å². The Morgan fingerprint density at radius 1 is 1.14 bits per heavy atom. The molecule has 1 aliphatic rings. The summed E-state index contributed by atoms with van der Waals surface area (Å²) >= 11 is 6.11. The summed E-state index contributed by atoms with van der Waals surface area (Å²) in [5.74, 6) is -1.49. The first kappa shape index (κ1) is 27.9. The molecule has 10 heteroatoms. The van der Waals surface area contributed by atoms with Crippen LogP contribution in [-0.4, -0.2) is 50.0 Å². The van der Waals surface area contributed by atoms with Crippen molar-refractivity contribution in [3.05, 3.63) is 64.4 Å². The summed E-state index contributed by atoms with van der Waals surface area (Å²) in [6.45, 7) is 2.55. The Hall–Kier alpha value is -2.65. The summed E-state index contributed by atoms with van der Waals surface area (Å²) in [4.78, 5) is 28.0. The minimum Gasteiger partial charge on any atom is -0.352 e. The molecule has 2 aromatic rings. The fourth-order valence-electron chi connectivity index (χ4n) is 4.41. The van der Waals surface area contributed by atoms with Gasteiger partial charge in [-0.3, -0.25) is 13.9 Å². The smallest absolute Gasteiger partial charge is 0.244 e. The van der Waals surface area contributed by atoms with Crippen molar-refractivity contribution in [2.24, 2.45) is 0 Å². The van der Waals surface area contributed by atoms with Gasteiger partial charge in [-0.25, -0.2) is 12.8 Å². The number of nitrogens with one attached hydrogen (secondary N) is 1. The lowest BCUT2D eigenvalue weighted by Crippen LogP contribution is -2.53. The van der Waals surface area contributed by atoms with Gasteiger partial charge in [0.05, 0.1) is 11.9 Å². The molecule has 0 unspecified atom stereocenters. The molecule has 3 rings (SSSR count). The zero-order valence-electron chi connectivity index (χ0n) is 20.8. The van der Waals surface area contributed by atoms with E-state index in [4.69, 9.17) is 11.6 Å². The number of halogens is 2. The van der Waals surface area contributed by atoms with Gasteiger partial charge in [0.25, 0.3) is 0 Å². The first-order valence-corrected chi connectivity index (χ1v) is 14.3. The first-order valence-electron chi connectivity index (χ1n) is 12.0. The zero-order chi connectivity index (χ0) is 26.5. The molecule has 1 N–H and O–H groups in total. The highest BCUT2D eigenvalue weighted by atomic mass is 35.5. The van der Waals surface area contributed by atoms with Gasteiger partial charge in [-0.15, -0.1) is 0 Å². The molecule has 0 radical (unpaired) electrons. The summed E-state index contributed by atoms with van der Waals surface area (Å²) < 4.78 is 40.9. The second-order valence-corrected chi connectivity index (χ2v) is 11.7. The van der Waals surface area contributed by atoms with Gasteiger partial charge >= 0.3 is 0 Å². The van der Waals surface area contributed by atoms with E-state index in [-0.39, 0.29) is 29.7 Å². The van der Waals surface area contributed by atoms with Crippen molar-refractivity contribution in [3.8, 4) is 0 Å². The van der Waals surface area contributed by atoms with Crippen LogP contribution in [0.2, 0.25) is 5.02 Å². The quantitative estimate of drug-likeness (QED) is 0.513. The Labute approximate surface area is 217 Å². The third-order valence-corrected chi connectivity index (χ3v) is 7.90. The molecule has 1 fully saturated rings. The van der Waals surface area contributed by atoms with Crippen molar-refractivity contribution in [3.63, 3.8) is 0 Å². The third kappa shape index (κ3) is 7.20. The van der Waals surface area contributed by atoms with Gasteiger partial charge in [0.1, 0.15) is 18.4 Å². The second-order valence-electron chi connectivity index (χ2n) is 9.33. The Kier molecular flexibility index (Phi) is 9.35. The molecule has 0 saturated heterocycles. The van der Waals surface area contributed by atoms with Crippen molar-refractivity contribution in [2.75, 3.05) is 17.1 Å². The number of nitrogens with zero attached hydrogens (tertiary/aromatic N) is 2. The Morgan fingerprint density at radius 2 is 1.81 bits per heavy atom. The summed E-state index contributed by atoms with van der Waals surface area (Å²) in [5.41, 5.74) is 1.11. The topological polar surface area (TPSA) is 86.8 Å². The molecule has 196 valence electrons. The first-order chi connectivity index (χ1) is 17.0. The fraction of sp³-hybridized carbons (Fsp3) is 0.462. The molecule has 2 amide bonds. The molecule has 0 heterocycles. The molecular formula is C26H33ClFN3O4S. The summed E-state index contributed by atoms with van der Waals surface area (Å²) in [7, 11) is -3.88. The fourth-order valence-corrected chi connectivity index (χ4v) is 5.47. The van der Waals surface area contributed by atoms with Crippen LogP contribution in [0.4, 0.5) is 10.1 Å². The number of hydrogen-bond acceptors (Lipinski definition) is 4. The molecule has 2 aromatic carbocycles. The van der Waals surface area contributed by atoms with Gasteiger partial charge in [0.2, 0.25) is 21.8 Å². The van der Waals surface area contributed by atoms with Crippen molar-refractivity contribution >= 4 is 39.1 Å². The van der Waals surface area contributed by atoms with Gasteiger partial charge in [0, 0.05) is 23.2 Å². The Morgan fingerprint density at radius 3 is 2.44 bits per heavy atom. The molecule has 7 nitrogen and oxygen atoms in total. The maximum absolute atomic E-state index is 14.5. The minimum absolute atomic E-state index is 0.0285. The molecule has 0 aliphatic heterocycles. The lowest BCUT2D eigenvalue weighted by atomic mass is 9.95. The number of anilines is 1. The number of carbonyl (C=O) groups is 2. The van der Waals surface area contributed by atoms with E-state index < -0.39 is 34.3 Å². The van der Waals surface area contributed by atoms with Crippen LogP contribution in [0.3, 0.4) is 0 Å². The number of hydrogen-bond donors (Lipinski definition) is 1. The number of amides is 2. The van der Waals surface area contributed by atoms with Crippen LogP contribution in [0.15, 0.2) is 42.5 Å². The number of rotatable bonds is 9. The van der Waals surface area contributed by atoms with Crippen LogP contribution in [0, 0.1) is 12.7 Å². The van der Waals surface area contributed by atoms with Crippen LogP contribution >= 0.6 is 11.6 Å². The molecule has 36 heavy (non-hydrogen) atoms. The van der Waals surface area contributed by atoms with Gasteiger partial charge in [-0.2, -0.15) is 0 Å². The van der Waals surface area contributed by atoms with E-state index in [1.807, 2.05) is 0 Å². The molecule has 0 spiro atoms. The Bertz CT molecular complexity index is 1200. The molecule has 1 aliphatic carbocycles. The highest BCUT2D eigenvalue weighted by molar-refractivity contribution is 7.92. The van der Waals surface area contributed by atoms with Gasteiger partial charge in [-0.05, 0) is 50.5 Å². The van der Waals surface area contributed by atoms with Crippen LogP contribution in [-0.2, 0) is 26.2 Å². The van der Waals surface area contributed by atoms with Gasteiger partial charge in [-0.1, -0.05) is 55.1 Å². The van der Waals surface area contributed by atoms with Crippen molar-refractivity contribution in [2.45, 2.75) is 64.6 Å². The zero-order valence-corrected chi connectivity index (χ0v) is 22.4. The van der Waals surface area contributed by atoms with E-state index in [1.165, 1.54) is 29.2 Å². The lowest BCUT2D eigenvalue weighted by Gasteiger charge is -2.33. The van der Waals surface area contributed by atoms with Gasteiger partial charge < -0.3 is 10.2 Å². The van der Waals surface area contributed by atoms with Crippen LogP contribution < -0.4 is 9.62 Å². The number of aryl methyl sites for hydroxylation is 1. The maximum Gasteiger partial charge on any atom is 0.244 e. The molecule has 0 bridgehead atoms. The highest BCUT2D eigenvalue weighted by Crippen LogP contribution is 2.27. The predicted molar refractivity (Wildman–Crippen MR) is 140 cm³/mol. The van der Waals surface area contributed by atoms with Crippen molar-refractivity contribution in [1.29, 1.82) is 0 Å². The lowest BCUT2D eigenvalue weighted by molar-refractivity contribution is -0.139. The van der Waals surface area contributed by atoms with Crippen LogP contribution in [0.25, 0.3) is 0 Å². The van der Waals surface area contributed by atoms with Crippen LogP contribution in [0.5, 0.6) is 0 Å². The standard InChI is InChI=1S/C26H33ClFN3O4S/c1-18-13-14-21(27)15-24(18)31(36(3,34)35)17-25(32)30(16-20-9-7-8-12-23(20)28)19(2)26(33)29-22-10-5-4-6-11-22/h7-9,12-15,19,22H,4-6,10-11,16-17H2,1-3H3,(H,29,33)/t19-/m1/s1. The van der Waals surface area contributed by atoms with E-state index in [0.717, 1.165) is 42.7 Å². The summed E-state index contributed by atoms with van der Waals surface area (Å²) in [6, 6.07) is 9.86. The average molecular weight is 538 g/mol. The van der Waals surface area contributed by atoms with E-state index >= 15 is 0 Å². The molecular weight excluding hydrogens is 505 g/mol. The SMILES string of the molecule is Cc1ccc(Cl)cc1N(CC(=O)N(Cc1ccccc1F)[C@H](C)C(=O)NC1CCCCC1)S(C)(=O)=O. The monoisotopic (exact) mass is 537 g/mol. The third-order valence-electron chi connectivity index (χ3n) is 6.54. The normalized spacial score (nSPS) is 15.2. The predicted octanol–water partition coefficient (Wildman–Crippen LogP) is 4.42. The van der Waals surface area contributed by atoms with E-state index in [2.05, 4.69) is 5.32 Å².